The molecule has 1 aromatic heterocycles. The van der Waals surface area contributed by atoms with Gasteiger partial charge >= 0.3 is 0 Å². The van der Waals surface area contributed by atoms with Crippen molar-refractivity contribution in [2.75, 3.05) is 0 Å². The van der Waals surface area contributed by atoms with E-state index < -0.39 is 0 Å². The van der Waals surface area contributed by atoms with Crippen LogP contribution in [0.1, 0.15) is 23.0 Å². The van der Waals surface area contributed by atoms with Gasteiger partial charge in [0, 0.05) is 6.42 Å². The Balaban J connectivity index is 2.22. The summed E-state index contributed by atoms with van der Waals surface area (Å²) in [5, 5.41) is 11.7. The normalized spacial score (nSPS) is 12.7. The lowest BCUT2D eigenvalue weighted by Gasteiger charge is -2.15. The number of hydrogen-bond donors (Lipinski definition) is 2. The van der Waals surface area contributed by atoms with Crippen molar-refractivity contribution in [2.24, 2.45) is 12.9 Å². The van der Waals surface area contributed by atoms with E-state index in [0.717, 1.165) is 11.1 Å². The summed E-state index contributed by atoms with van der Waals surface area (Å²) in [6, 6.07) is 4.55. The van der Waals surface area contributed by atoms with E-state index in [-0.39, 0.29) is 11.9 Å². The van der Waals surface area contributed by atoms with Crippen LogP contribution in [0.25, 0.3) is 0 Å². The maximum Gasteiger partial charge on any atom is 0.176 e. The van der Waals surface area contributed by atoms with Crippen LogP contribution >= 0.6 is 0 Å². The average Bonchev–Trinajstić information content (AvgIpc) is 2.70. The Morgan fingerprint density at radius 1 is 1.44 bits per heavy atom. The van der Waals surface area contributed by atoms with E-state index in [4.69, 9.17) is 5.84 Å². The topological polar surface area (TPSA) is 81.7 Å². The van der Waals surface area contributed by atoms with Gasteiger partial charge in [0.25, 0.3) is 0 Å². The molecule has 7 heteroatoms. The molecule has 1 heterocycles. The van der Waals surface area contributed by atoms with Gasteiger partial charge in [-0.05, 0) is 35.4 Å². The summed E-state index contributed by atoms with van der Waals surface area (Å²) >= 11 is 0. The molecule has 0 aliphatic carbocycles. The van der Waals surface area contributed by atoms with Gasteiger partial charge < -0.3 is 0 Å². The zero-order valence-electron chi connectivity index (χ0n) is 10.3. The molecule has 1 aromatic carbocycles. The molecule has 0 saturated heterocycles. The Morgan fingerprint density at radius 3 is 2.78 bits per heavy atom. The van der Waals surface area contributed by atoms with Gasteiger partial charge in [-0.3, -0.25) is 11.3 Å². The van der Waals surface area contributed by atoms with Crippen LogP contribution in [0.5, 0.6) is 0 Å². The lowest BCUT2D eigenvalue weighted by Crippen LogP contribution is -2.30. The largest absolute Gasteiger partial charge is 0.271 e. The van der Waals surface area contributed by atoms with Gasteiger partial charge in [0.2, 0.25) is 0 Å². The van der Waals surface area contributed by atoms with Crippen LogP contribution in [0.4, 0.5) is 4.39 Å². The molecule has 0 bridgehead atoms. The van der Waals surface area contributed by atoms with Gasteiger partial charge in [0.1, 0.15) is 5.82 Å². The van der Waals surface area contributed by atoms with Crippen LogP contribution in [0.3, 0.4) is 0 Å². The fourth-order valence-corrected chi connectivity index (χ4v) is 1.83. The summed E-state index contributed by atoms with van der Waals surface area (Å²) in [4.78, 5) is 1.37. The summed E-state index contributed by atoms with van der Waals surface area (Å²) < 4.78 is 13.4. The Hall–Kier alpha value is -1.86. The summed E-state index contributed by atoms with van der Waals surface area (Å²) in [5.41, 5.74) is 4.26. The smallest absolute Gasteiger partial charge is 0.176 e. The average molecular weight is 250 g/mol. The number of rotatable bonds is 4. The molecule has 0 aliphatic rings. The number of aromatic nitrogens is 4. The second-order valence-corrected chi connectivity index (χ2v) is 4.18. The molecule has 1 atom stereocenters. The first-order chi connectivity index (χ1) is 8.58. The molecular formula is C11H15FN6. The molecule has 0 aliphatic heterocycles. The zero-order valence-corrected chi connectivity index (χ0v) is 10.3. The van der Waals surface area contributed by atoms with Crippen molar-refractivity contribution in [3.63, 3.8) is 0 Å². The minimum atomic E-state index is -0.280. The van der Waals surface area contributed by atoms with E-state index in [1.54, 1.807) is 7.05 Å². The van der Waals surface area contributed by atoms with Gasteiger partial charge in [-0.15, -0.1) is 10.2 Å². The molecule has 96 valence electrons. The molecular weight excluding hydrogens is 235 g/mol. The second kappa shape index (κ2) is 5.19. The first-order valence-electron chi connectivity index (χ1n) is 5.54. The van der Waals surface area contributed by atoms with Crippen LogP contribution in [-0.2, 0) is 13.5 Å². The highest BCUT2D eigenvalue weighted by Gasteiger charge is 2.15. The number of nitrogens with zero attached hydrogens (tertiary/aromatic N) is 4. The van der Waals surface area contributed by atoms with Crippen LogP contribution < -0.4 is 11.3 Å². The number of tetrazole rings is 1. The third-order valence-corrected chi connectivity index (χ3v) is 2.60. The fourth-order valence-electron chi connectivity index (χ4n) is 1.83. The first-order valence-corrected chi connectivity index (χ1v) is 5.54. The number of nitrogens with one attached hydrogen (secondary N) is 1. The highest BCUT2D eigenvalue weighted by Crippen LogP contribution is 2.18. The van der Waals surface area contributed by atoms with Gasteiger partial charge in [-0.2, -0.15) is 4.80 Å². The van der Waals surface area contributed by atoms with Crippen molar-refractivity contribution in [1.82, 2.24) is 25.6 Å². The molecule has 0 spiro atoms. The van der Waals surface area contributed by atoms with Gasteiger partial charge in [-0.25, -0.2) is 4.39 Å². The van der Waals surface area contributed by atoms with E-state index in [1.165, 1.54) is 16.9 Å². The van der Waals surface area contributed by atoms with Crippen LogP contribution in [0.2, 0.25) is 0 Å². The fraction of sp³-hybridized carbons (Fsp3) is 0.364. The number of aryl methyl sites for hydroxylation is 2. The molecule has 0 fully saturated rings. The summed E-state index contributed by atoms with van der Waals surface area (Å²) in [5.74, 6) is 5.78. The monoisotopic (exact) mass is 250 g/mol. The van der Waals surface area contributed by atoms with E-state index in [1.807, 2.05) is 13.0 Å². The summed E-state index contributed by atoms with van der Waals surface area (Å²) in [6.07, 6.45) is 0.452. The van der Waals surface area contributed by atoms with E-state index in [2.05, 4.69) is 20.8 Å². The summed E-state index contributed by atoms with van der Waals surface area (Å²) in [7, 11) is 1.69. The highest BCUT2D eigenvalue weighted by molar-refractivity contribution is 5.26. The van der Waals surface area contributed by atoms with Crippen molar-refractivity contribution in [2.45, 2.75) is 19.4 Å². The molecule has 0 radical (unpaired) electrons. The highest BCUT2D eigenvalue weighted by atomic mass is 19.1. The molecule has 6 nitrogen and oxygen atoms in total. The lowest BCUT2D eigenvalue weighted by molar-refractivity contribution is 0.530. The van der Waals surface area contributed by atoms with Gasteiger partial charge in [-0.1, -0.05) is 6.07 Å². The Morgan fingerprint density at radius 2 is 2.22 bits per heavy atom. The molecule has 2 rings (SSSR count). The molecule has 0 saturated carbocycles. The predicted molar refractivity (Wildman–Crippen MR) is 63.7 cm³/mol. The molecule has 18 heavy (non-hydrogen) atoms. The maximum absolute atomic E-state index is 13.4. The zero-order chi connectivity index (χ0) is 13.1. The van der Waals surface area contributed by atoms with E-state index in [0.29, 0.717) is 12.2 Å². The van der Waals surface area contributed by atoms with Crippen molar-refractivity contribution in [1.29, 1.82) is 0 Å². The van der Waals surface area contributed by atoms with E-state index >= 15 is 0 Å². The number of benzene rings is 1. The van der Waals surface area contributed by atoms with E-state index in [9.17, 15) is 4.39 Å². The standard InChI is InChI=1S/C11H15FN6/c1-7-3-8(5-9(12)4-7)10(14-13)6-11-15-17-18(2)16-11/h3-5,10,14H,6,13H2,1-2H3. The Labute approximate surface area is 104 Å². The third kappa shape index (κ3) is 2.88. The van der Waals surface area contributed by atoms with Crippen molar-refractivity contribution in [3.8, 4) is 0 Å². The number of nitrogens with two attached hydrogens (primary N) is 1. The second-order valence-electron chi connectivity index (χ2n) is 4.18. The van der Waals surface area contributed by atoms with Crippen molar-refractivity contribution in [3.05, 3.63) is 41.0 Å². The Kier molecular flexibility index (Phi) is 3.63. The van der Waals surface area contributed by atoms with Gasteiger partial charge in [0.05, 0.1) is 13.1 Å². The molecule has 2 aromatic rings. The van der Waals surface area contributed by atoms with Crippen LogP contribution in [-0.4, -0.2) is 20.2 Å². The SMILES string of the molecule is Cc1cc(F)cc(C(Cc2nnn(C)n2)NN)c1. The molecule has 3 N–H and O–H groups in total. The Bertz CT molecular complexity index is 518. The first kappa shape index (κ1) is 12.6. The van der Waals surface area contributed by atoms with Crippen molar-refractivity contribution >= 4 is 0 Å². The summed E-state index contributed by atoms with van der Waals surface area (Å²) in [6.45, 7) is 1.83. The number of hydrogen-bond acceptors (Lipinski definition) is 5. The number of hydrazine groups is 1. The lowest BCUT2D eigenvalue weighted by atomic mass is 10.0. The van der Waals surface area contributed by atoms with Crippen molar-refractivity contribution < 1.29 is 4.39 Å². The molecule has 0 amide bonds. The quantitative estimate of drug-likeness (QED) is 0.606. The molecule has 1 unspecified atom stereocenters. The predicted octanol–water partition coefficient (Wildman–Crippen LogP) is 0.405. The minimum Gasteiger partial charge on any atom is -0.271 e. The van der Waals surface area contributed by atoms with Crippen LogP contribution in [0.15, 0.2) is 18.2 Å². The van der Waals surface area contributed by atoms with Crippen LogP contribution in [0, 0.1) is 12.7 Å². The maximum atomic E-state index is 13.4. The third-order valence-electron chi connectivity index (χ3n) is 2.60. The van der Waals surface area contributed by atoms with Gasteiger partial charge in [0.15, 0.2) is 5.82 Å². The number of halogens is 1. The minimum absolute atomic E-state index is 0.247.